The van der Waals surface area contributed by atoms with Crippen LogP contribution in [-0.4, -0.2) is 18.4 Å². The van der Waals surface area contributed by atoms with Crippen molar-refractivity contribution in [3.8, 4) is 0 Å². The van der Waals surface area contributed by atoms with Gasteiger partial charge in [-0.2, -0.15) is 0 Å². The number of esters is 1. The van der Waals surface area contributed by atoms with Crippen molar-refractivity contribution >= 4 is 12.4 Å². The molecule has 1 unspecified atom stereocenters. The molecule has 1 aliphatic rings. The van der Waals surface area contributed by atoms with E-state index in [0.29, 0.717) is 6.42 Å². The van der Waals surface area contributed by atoms with Gasteiger partial charge in [-0.25, -0.2) is 0 Å². The molecule has 0 bridgehead atoms. The van der Waals surface area contributed by atoms with Gasteiger partial charge in [0, 0.05) is 0 Å². The first kappa shape index (κ1) is 5.28. The molecule has 0 saturated heterocycles. The highest BCUT2D eigenvalue weighted by Crippen LogP contribution is 2.01. The number of hydrogen-bond acceptors (Lipinski definition) is 3. The van der Waals surface area contributed by atoms with Crippen molar-refractivity contribution < 1.29 is 9.53 Å². The van der Waals surface area contributed by atoms with Gasteiger partial charge in [-0.3, -0.25) is 9.79 Å². The maximum Gasteiger partial charge on any atom is 0.314 e. The zero-order chi connectivity index (χ0) is 5.98. The third-order valence-corrected chi connectivity index (χ3v) is 0.962. The average molecular weight is 113 g/mol. The second-order valence-electron chi connectivity index (χ2n) is 1.80. The van der Waals surface area contributed by atoms with Crippen molar-refractivity contribution in [3.05, 3.63) is 0 Å². The van der Waals surface area contributed by atoms with Crippen molar-refractivity contribution in [1.82, 2.24) is 0 Å². The maximum absolute atomic E-state index is 10.4. The monoisotopic (exact) mass is 113 g/mol. The van der Waals surface area contributed by atoms with Crippen molar-refractivity contribution in [2.75, 3.05) is 0 Å². The molecular formula is C5H7NO2. The Kier molecular flexibility index (Phi) is 1.28. The van der Waals surface area contributed by atoms with E-state index in [9.17, 15) is 4.79 Å². The molecule has 0 aromatic carbocycles. The largest absolute Gasteiger partial charge is 0.415 e. The van der Waals surface area contributed by atoms with Gasteiger partial charge in [0.05, 0.1) is 12.5 Å². The number of ether oxygens (including phenoxy) is 1. The fourth-order valence-corrected chi connectivity index (χ4v) is 0.535. The van der Waals surface area contributed by atoms with E-state index in [2.05, 4.69) is 9.73 Å². The third kappa shape index (κ3) is 1.05. The average Bonchev–Trinajstić information content (AvgIpc) is 1.64. The van der Waals surface area contributed by atoms with Gasteiger partial charge in [0.1, 0.15) is 0 Å². The molecule has 1 atom stereocenters. The lowest BCUT2D eigenvalue weighted by Gasteiger charge is -2.07. The summed E-state index contributed by atoms with van der Waals surface area (Å²) in [6.45, 7) is 1.87. The van der Waals surface area contributed by atoms with Crippen LogP contribution in [0, 0.1) is 0 Å². The molecule has 3 nitrogen and oxygen atoms in total. The predicted molar refractivity (Wildman–Crippen MR) is 28.7 cm³/mol. The Morgan fingerprint density at radius 2 is 2.75 bits per heavy atom. The number of nitrogens with zero attached hydrogens (tertiary/aromatic N) is 1. The topological polar surface area (TPSA) is 38.7 Å². The van der Waals surface area contributed by atoms with Crippen LogP contribution in [0.25, 0.3) is 0 Å². The van der Waals surface area contributed by atoms with Gasteiger partial charge >= 0.3 is 5.97 Å². The van der Waals surface area contributed by atoms with E-state index in [1.807, 2.05) is 6.92 Å². The second-order valence-corrected chi connectivity index (χ2v) is 1.80. The first-order valence-electron chi connectivity index (χ1n) is 2.50. The Morgan fingerprint density at radius 1 is 2.00 bits per heavy atom. The molecule has 1 heterocycles. The summed E-state index contributed by atoms with van der Waals surface area (Å²) in [5.74, 6) is -0.187. The van der Waals surface area contributed by atoms with Crippen LogP contribution in [0.15, 0.2) is 4.99 Å². The van der Waals surface area contributed by atoms with E-state index < -0.39 is 0 Å². The molecule has 0 radical (unpaired) electrons. The van der Waals surface area contributed by atoms with Crippen molar-refractivity contribution in [3.63, 3.8) is 0 Å². The third-order valence-electron chi connectivity index (χ3n) is 0.962. The van der Waals surface area contributed by atoms with Gasteiger partial charge < -0.3 is 4.74 Å². The maximum atomic E-state index is 10.4. The molecule has 0 aliphatic carbocycles. The zero-order valence-corrected chi connectivity index (χ0v) is 4.63. The van der Waals surface area contributed by atoms with Gasteiger partial charge in [-0.05, 0) is 6.92 Å². The molecule has 1 rings (SSSR count). The quantitative estimate of drug-likeness (QED) is 0.425. The highest BCUT2D eigenvalue weighted by Gasteiger charge is 2.11. The van der Waals surface area contributed by atoms with E-state index in [1.54, 1.807) is 0 Å². The molecule has 3 heteroatoms. The number of carbonyl (C=O) groups is 1. The van der Waals surface area contributed by atoms with E-state index >= 15 is 0 Å². The van der Waals surface area contributed by atoms with Crippen LogP contribution in [0.1, 0.15) is 13.3 Å². The normalized spacial score (nSPS) is 27.6. The summed E-state index contributed by atoms with van der Waals surface area (Å²) < 4.78 is 4.42. The van der Waals surface area contributed by atoms with Crippen LogP contribution in [0.4, 0.5) is 0 Å². The molecule has 0 amide bonds. The Morgan fingerprint density at radius 3 is 3.12 bits per heavy atom. The minimum atomic E-state index is -0.187. The first-order valence-corrected chi connectivity index (χ1v) is 2.50. The summed E-state index contributed by atoms with van der Waals surface area (Å²) in [7, 11) is 0. The number of hydrogen-bond donors (Lipinski definition) is 0. The number of carbonyl (C=O) groups excluding carboxylic acids is 1. The lowest BCUT2D eigenvalue weighted by molar-refractivity contribution is -0.136. The summed E-state index contributed by atoms with van der Waals surface area (Å²) in [5, 5.41) is 0. The van der Waals surface area contributed by atoms with Crippen LogP contribution >= 0.6 is 0 Å². The molecule has 0 fully saturated rings. The fraction of sp³-hybridized carbons (Fsp3) is 0.600. The highest BCUT2D eigenvalue weighted by molar-refractivity contribution is 5.80. The Hall–Kier alpha value is -0.860. The SMILES string of the molecule is CC1CC(=O)OC=N1. The molecule has 8 heavy (non-hydrogen) atoms. The van der Waals surface area contributed by atoms with Gasteiger partial charge in [0.25, 0.3) is 0 Å². The van der Waals surface area contributed by atoms with Crippen LogP contribution in [0.5, 0.6) is 0 Å². The van der Waals surface area contributed by atoms with Crippen molar-refractivity contribution in [1.29, 1.82) is 0 Å². The molecule has 44 valence electrons. The standard InChI is InChI=1S/C5H7NO2/c1-4-2-5(7)8-3-6-4/h3-4H,2H2,1H3. The summed E-state index contributed by atoms with van der Waals surface area (Å²) in [4.78, 5) is 14.2. The van der Waals surface area contributed by atoms with E-state index in [-0.39, 0.29) is 12.0 Å². The van der Waals surface area contributed by atoms with Crippen molar-refractivity contribution in [2.24, 2.45) is 4.99 Å². The van der Waals surface area contributed by atoms with Crippen LogP contribution in [0.2, 0.25) is 0 Å². The van der Waals surface area contributed by atoms with Crippen LogP contribution in [0.3, 0.4) is 0 Å². The second kappa shape index (κ2) is 1.94. The van der Waals surface area contributed by atoms with Crippen LogP contribution < -0.4 is 0 Å². The summed E-state index contributed by atoms with van der Waals surface area (Å²) >= 11 is 0. The highest BCUT2D eigenvalue weighted by atomic mass is 16.5. The van der Waals surface area contributed by atoms with E-state index in [1.165, 1.54) is 6.40 Å². The lowest BCUT2D eigenvalue weighted by atomic mass is 10.2. The lowest BCUT2D eigenvalue weighted by Crippen LogP contribution is -2.16. The van der Waals surface area contributed by atoms with Crippen molar-refractivity contribution in [2.45, 2.75) is 19.4 Å². The van der Waals surface area contributed by atoms with Gasteiger partial charge in [0.15, 0.2) is 6.40 Å². The molecular weight excluding hydrogens is 106 g/mol. The van der Waals surface area contributed by atoms with Gasteiger partial charge in [-0.1, -0.05) is 0 Å². The molecule has 1 aliphatic heterocycles. The predicted octanol–water partition coefficient (Wildman–Crippen LogP) is 0.350. The number of rotatable bonds is 0. The fourth-order valence-electron chi connectivity index (χ4n) is 0.535. The van der Waals surface area contributed by atoms with E-state index in [0.717, 1.165) is 0 Å². The zero-order valence-electron chi connectivity index (χ0n) is 4.63. The number of cyclic esters (lactones) is 1. The molecule has 0 saturated carbocycles. The Bertz CT molecular complexity index is 130. The Labute approximate surface area is 47.4 Å². The summed E-state index contributed by atoms with van der Waals surface area (Å²) in [5.41, 5.74) is 0. The minimum Gasteiger partial charge on any atom is -0.415 e. The number of aliphatic imine (C=N–C) groups is 1. The molecule has 0 spiro atoms. The van der Waals surface area contributed by atoms with Gasteiger partial charge in [0.2, 0.25) is 0 Å². The molecule has 0 N–H and O–H groups in total. The Balaban J connectivity index is 2.54. The summed E-state index contributed by atoms with van der Waals surface area (Å²) in [6.07, 6.45) is 1.62. The first-order chi connectivity index (χ1) is 3.79. The smallest absolute Gasteiger partial charge is 0.314 e. The molecule has 0 aromatic rings. The minimum absolute atomic E-state index is 0.108. The van der Waals surface area contributed by atoms with Crippen LogP contribution in [-0.2, 0) is 9.53 Å². The van der Waals surface area contributed by atoms with E-state index in [4.69, 9.17) is 0 Å². The van der Waals surface area contributed by atoms with Gasteiger partial charge in [-0.15, -0.1) is 0 Å². The molecule has 0 aromatic heterocycles. The summed E-state index contributed by atoms with van der Waals surface area (Å²) in [6, 6.07) is 0.108.